The first kappa shape index (κ1) is 30.2. The second-order valence-electron chi connectivity index (χ2n) is 9.65. The highest BCUT2D eigenvalue weighted by atomic mass is 79.9. The summed E-state index contributed by atoms with van der Waals surface area (Å²) in [6.07, 6.45) is 1.62. The molecule has 0 aliphatic carbocycles. The maximum absolute atomic E-state index is 13.4. The van der Waals surface area contributed by atoms with Gasteiger partial charge in [-0.15, -0.1) is 11.8 Å². The van der Waals surface area contributed by atoms with E-state index in [2.05, 4.69) is 36.9 Å². The first-order valence-electron chi connectivity index (χ1n) is 13.3. The highest BCUT2D eigenvalue weighted by molar-refractivity contribution is 9.10. The maximum atomic E-state index is 13.4. The van der Waals surface area contributed by atoms with E-state index < -0.39 is 17.1 Å². The Hall–Kier alpha value is -4.25. The van der Waals surface area contributed by atoms with E-state index in [1.807, 2.05) is 68.4 Å². The zero-order valence-electron chi connectivity index (χ0n) is 23.3. The minimum absolute atomic E-state index is 0.0907. The van der Waals surface area contributed by atoms with Crippen LogP contribution in [-0.4, -0.2) is 28.0 Å². The van der Waals surface area contributed by atoms with E-state index in [9.17, 15) is 14.4 Å². The lowest BCUT2D eigenvalue weighted by Crippen LogP contribution is -2.30. The van der Waals surface area contributed by atoms with E-state index in [4.69, 9.17) is 0 Å². The topological polar surface area (TPSA) is 100 Å². The third kappa shape index (κ3) is 8.19. The van der Waals surface area contributed by atoms with Gasteiger partial charge in [0.2, 0.25) is 5.91 Å². The van der Waals surface area contributed by atoms with E-state index in [1.54, 1.807) is 48.5 Å². The summed E-state index contributed by atoms with van der Waals surface area (Å²) < 4.78 is 1.92. The molecule has 0 bridgehead atoms. The average Bonchev–Trinajstić information content (AvgIpc) is 3.39. The highest BCUT2D eigenvalue weighted by Gasteiger charge is 2.18. The molecule has 0 aliphatic heterocycles. The number of rotatable bonds is 9. The van der Waals surface area contributed by atoms with Gasteiger partial charge in [-0.05, 0) is 85.6 Å². The number of amides is 3. The van der Waals surface area contributed by atoms with Crippen LogP contribution in [0.3, 0.4) is 0 Å². The number of hydrogen-bond donors (Lipinski definition) is 3. The number of halogens is 1. The van der Waals surface area contributed by atoms with Crippen LogP contribution in [0.4, 0.5) is 10.8 Å². The largest absolute Gasteiger partial charge is 0.321 e. The minimum atomic E-state index is -0.480. The van der Waals surface area contributed by atoms with Crippen LogP contribution in [0.5, 0.6) is 0 Å². The Morgan fingerprint density at radius 1 is 0.907 bits per heavy atom. The number of fused-ring (bicyclic) bond motifs is 1. The Labute approximate surface area is 265 Å². The Balaban J connectivity index is 1.27. The van der Waals surface area contributed by atoms with Crippen molar-refractivity contribution in [1.82, 2.24) is 10.3 Å². The fraction of sp³-hybridized carbons (Fsp3) is 0.0909. The number of thioether (sulfide) groups is 1. The molecule has 0 fully saturated rings. The smallest absolute Gasteiger partial charge is 0.272 e. The van der Waals surface area contributed by atoms with E-state index in [1.165, 1.54) is 23.1 Å². The number of hydrogen-bond acceptors (Lipinski definition) is 6. The molecule has 3 amide bonds. The lowest BCUT2D eigenvalue weighted by Gasteiger charge is -2.13. The molecule has 5 rings (SSSR count). The quantitative estimate of drug-likeness (QED) is 0.109. The summed E-state index contributed by atoms with van der Waals surface area (Å²) in [4.78, 5) is 44.6. The van der Waals surface area contributed by atoms with Gasteiger partial charge in [0.25, 0.3) is 11.8 Å². The van der Waals surface area contributed by atoms with Crippen LogP contribution >= 0.6 is 39.0 Å². The van der Waals surface area contributed by atoms with Crippen LogP contribution in [0.25, 0.3) is 16.3 Å². The van der Waals surface area contributed by atoms with Crippen molar-refractivity contribution in [2.24, 2.45) is 0 Å². The minimum Gasteiger partial charge on any atom is -0.321 e. The molecule has 0 spiro atoms. The van der Waals surface area contributed by atoms with Crippen LogP contribution in [0.1, 0.15) is 28.4 Å². The normalized spacial score (nSPS) is 12.0. The van der Waals surface area contributed by atoms with Crippen molar-refractivity contribution in [3.8, 4) is 0 Å². The third-order valence-corrected chi connectivity index (χ3v) is 8.81. The SMILES string of the molecule is Cc1ccc2nc(NC(=O)C(C)Sc3cccc(NC(=O)/C(=C/c4ccc(Br)cc4)NC(=O)c4ccccc4)c3)sc2c1. The lowest BCUT2D eigenvalue weighted by atomic mass is 10.1. The molecule has 10 heteroatoms. The molecular formula is C33H27BrN4O3S2. The van der Waals surface area contributed by atoms with Crippen molar-refractivity contribution in [3.05, 3.63) is 124 Å². The van der Waals surface area contributed by atoms with Gasteiger partial charge in [0.15, 0.2) is 5.13 Å². The number of carbonyl (C=O) groups excluding carboxylic acids is 3. The van der Waals surface area contributed by atoms with Crippen molar-refractivity contribution in [2.45, 2.75) is 24.0 Å². The summed E-state index contributed by atoms with van der Waals surface area (Å²) in [5, 5.41) is 8.68. The maximum Gasteiger partial charge on any atom is 0.272 e. The van der Waals surface area contributed by atoms with Crippen LogP contribution in [0, 0.1) is 6.92 Å². The van der Waals surface area contributed by atoms with Crippen LogP contribution < -0.4 is 16.0 Å². The molecule has 0 radical (unpaired) electrons. The number of anilines is 2. The molecule has 1 heterocycles. The number of benzene rings is 4. The number of nitrogens with zero attached hydrogens (tertiary/aromatic N) is 1. The number of aryl methyl sites for hydroxylation is 1. The van der Waals surface area contributed by atoms with Gasteiger partial charge < -0.3 is 16.0 Å². The van der Waals surface area contributed by atoms with Crippen LogP contribution in [-0.2, 0) is 9.59 Å². The second-order valence-corrected chi connectivity index (χ2v) is 13.0. The molecule has 216 valence electrons. The summed E-state index contributed by atoms with van der Waals surface area (Å²) in [6, 6.07) is 29.3. The molecule has 5 aromatic rings. The molecule has 43 heavy (non-hydrogen) atoms. The number of thiazole rings is 1. The zero-order chi connectivity index (χ0) is 30.3. The van der Waals surface area contributed by atoms with Gasteiger partial charge in [-0.1, -0.05) is 69.7 Å². The van der Waals surface area contributed by atoms with Crippen molar-refractivity contribution in [2.75, 3.05) is 10.6 Å². The Morgan fingerprint density at radius 3 is 2.44 bits per heavy atom. The molecule has 0 saturated heterocycles. The Morgan fingerprint density at radius 2 is 1.67 bits per heavy atom. The summed E-state index contributed by atoms with van der Waals surface area (Å²) in [5.41, 5.74) is 3.79. The molecule has 0 aliphatic rings. The van der Waals surface area contributed by atoms with Crippen molar-refractivity contribution >= 4 is 83.9 Å². The molecule has 1 unspecified atom stereocenters. The van der Waals surface area contributed by atoms with Gasteiger partial charge in [-0.2, -0.15) is 0 Å². The lowest BCUT2D eigenvalue weighted by molar-refractivity contribution is -0.115. The van der Waals surface area contributed by atoms with Gasteiger partial charge in [-0.25, -0.2) is 4.98 Å². The van der Waals surface area contributed by atoms with Crippen molar-refractivity contribution < 1.29 is 14.4 Å². The zero-order valence-corrected chi connectivity index (χ0v) is 26.5. The van der Waals surface area contributed by atoms with Crippen LogP contribution in [0.15, 0.2) is 112 Å². The van der Waals surface area contributed by atoms with Gasteiger partial charge in [0.1, 0.15) is 5.70 Å². The van der Waals surface area contributed by atoms with Crippen molar-refractivity contribution in [3.63, 3.8) is 0 Å². The highest BCUT2D eigenvalue weighted by Crippen LogP contribution is 2.30. The molecule has 0 saturated carbocycles. The van der Waals surface area contributed by atoms with E-state index in [-0.39, 0.29) is 11.6 Å². The second kappa shape index (κ2) is 13.8. The summed E-state index contributed by atoms with van der Waals surface area (Å²) in [5.74, 6) is -1.05. The molecule has 4 aromatic carbocycles. The van der Waals surface area contributed by atoms with Gasteiger partial charge in [0.05, 0.1) is 15.5 Å². The molecule has 3 N–H and O–H groups in total. The predicted molar refractivity (Wildman–Crippen MR) is 179 cm³/mol. The Bertz CT molecular complexity index is 1820. The Kier molecular flexibility index (Phi) is 9.71. The summed E-state index contributed by atoms with van der Waals surface area (Å²) in [6.45, 7) is 3.84. The van der Waals surface area contributed by atoms with E-state index >= 15 is 0 Å². The number of nitrogens with one attached hydrogen (secondary N) is 3. The first-order chi connectivity index (χ1) is 20.7. The third-order valence-electron chi connectivity index (χ3n) is 6.26. The fourth-order valence-electron chi connectivity index (χ4n) is 4.06. The van der Waals surface area contributed by atoms with Crippen LogP contribution in [0.2, 0.25) is 0 Å². The number of aromatic nitrogens is 1. The first-order valence-corrected chi connectivity index (χ1v) is 15.8. The van der Waals surface area contributed by atoms with E-state index in [0.717, 1.165) is 30.7 Å². The molecular weight excluding hydrogens is 644 g/mol. The predicted octanol–water partition coefficient (Wildman–Crippen LogP) is 7.90. The van der Waals surface area contributed by atoms with Gasteiger partial charge in [-0.3, -0.25) is 14.4 Å². The van der Waals surface area contributed by atoms with Gasteiger partial charge in [0, 0.05) is 20.6 Å². The molecule has 1 aromatic heterocycles. The summed E-state index contributed by atoms with van der Waals surface area (Å²) >= 11 is 6.22. The molecule has 1 atom stereocenters. The number of carbonyl (C=O) groups is 3. The monoisotopic (exact) mass is 670 g/mol. The fourth-order valence-corrected chi connectivity index (χ4v) is 6.22. The average molecular weight is 672 g/mol. The van der Waals surface area contributed by atoms with Gasteiger partial charge >= 0.3 is 0 Å². The molecule has 7 nitrogen and oxygen atoms in total. The summed E-state index contributed by atoms with van der Waals surface area (Å²) in [7, 11) is 0. The standard InChI is InChI=1S/C33H27BrN4O3S2/c1-20-11-16-27-29(17-20)43-33(37-27)38-30(39)21(2)42-26-10-6-9-25(19-26)35-32(41)28(18-22-12-14-24(34)15-13-22)36-31(40)23-7-4-3-5-8-23/h3-19,21H,1-2H3,(H,35,41)(H,36,40)(H,37,38,39)/b28-18-. The van der Waals surface area contributed by atoms with Crippen molar-refractivity contribution in [1.29, 1.82) is 0 Å². The van der Waals surface area contributed by atoms with E-state index in [0.29, 0.717) is 16.4 Å².